The minimum Gasteiger partial charge on any atom is -0.383 e. The maximum atomic E-state index is 10.7. The van der Waals surface area contributed by atoms with Gasteiger partial charge in [-0.25, -0.2) is 0 Å². The predicted molar refractivity (Wildman–Crippen MR) is 47.7 cm³/mol. The first-order valence-corrected chi connectivity index (χ1v) is 6.07. The van der Waals surface area contributed by atoms with E-state index in [9.17, 15) is 9.67 Å². The van der Waals surface area contributed by atoms with Gasteiger partial charge in [-0.05, 0) is 11.4 Å². The Morgan fingerprint density at radius 2 is 2.55 bits per heavy atom. The molecule has 11 heavy (non-hydrogen) atoms. The van der Waals surface area contributed by atoms with Gasteiger partial charge >= 0.3 is 7.80 Å². The van der Waals surface area contributed by atoms with Crippen LogP contribution >= 0.6 is 19.1 Å². The molecule has 2 atom stereocenters. The Kier molecular flexibility index (Phi) is 3.18. The van der Waals surface area contributed by atoms with E-state index >= 15 is 0 Å². The van der Waals surface area contributed by atoms with Gasteiger partial charge in [-0.3, -0.25) is 0 Å². The third-order valence-corrected chi connectivity index (χ3v) is 3.14. The van der Waals surface area contributed by atoms with Crippen LogP contribution in [0.1, 0.15) is 11.0 Å². The van der Waals surface area contributed by atoms with Crippen LogP contribution in [0.15, 0.2) is 17.5 Å². The summed E-state index contributed by atoms with van der Waals surface area (Å²) in [4.78, 5) is 0.898. The monoisotopic (exact) mass is 189 g/mol. The number of aliphatic hydroxyl groups excluding tert-OH is 1. The molecule has 1 heterocycles. The van der Waals surface area contributed by atoms with E-state index in [1.54, 1.807) is 6.66 Å². The van der Waals surface area contributed by atoms with Crippen molar-refractivity contribution in [3.8, 4) is 0 Å². The Balaban J connectivity index is 2.56. The summed E-state index contributed by atoms with van der Waals surface area (Å²) in [5, 5.41) is 11.3. The van der Waals surface area contributed by atoms with Crippen molar-refractivity contribution in [1.29, 1.82) is 0 Å². The van der Waals surface area contributed by atoms with Crippen molar-refractivity contribution in [2.75, 3.05) is 12.8 Å². The lowest BCUT2D eigenvalue weighted by atomic mass is 10.3. The predicted octanol–water partition coefficient (Wildman–Crippen LogP) is 2.24. The van der Waals surface area contributed by atoms with E-state index in [0.29, 0.717) is 6.16 Å². The molecule has 0 bridgehead atoms. The van der Waals surface area contributed by atoms with E-state index in [0.717, 1.165) is 4.88 Å². The summed E-state index contributed by atoms with van der Waals surface area (Å²) in [6.07, 6.45) is -0.167. The van der Waals surface area contributed by atoms with Gasteiger partial charge in [0, 0.05) is 4.88 Å². The van der Waals surface area contributed by atoms with Crippen molar-refractivity contribution in [2.24, 2.45) is 0 Å². The normalized spacial score (nSPS) is 14.5. The molecule has 0 radical (unpaired) electrons. The molecule has 1 aromatic rings. The third-order valence-electron chi connectivity index (χ3n) is 1.30. The largest absolute Gasteiger partial charge is 0.383 e. The Labute approximate surface area is 70.7 Å². The van der Waals surface area contributed by atoms with Crippen molar-refractivity contribution >= 4 is 19.1 Å². The van der Waals surface area contributed by atoms with E-state index in [1.807, 2.05) is 17.5 Å². The molecule has 0 aliphatic heterocycles. The molecule has 1 aromatic heterocycles. The van der Waals surface area contributed by atoms with Crippen LogP contribution in [0.4, 0.5) is 0 Å². The fourth-order valence-electron chi connectivity index (χ4n) is 0.814. The standard InChI is InChI=1S/C7H10O2PS/c1-10(9)5-6(8)7-3-2-4-11-7/h2-4,6,8H,5H2,1H3/q+1. The van der Waals surface area contributed by atoms with Crippen LogP contribution in [0.25, 0.3) is 0 Å². The molecule has 0 aliphatic carbocycles. The van der Waals surface area contributed by atoms with Gasteiger partial charge in [0.05, 0.1) is 0 Å². The highest BCUT2D eigenvalue weighted by molar-refractivity contribution is 7.43. The van der Waals surface area contributed by atoms with Crippen molar-refractivity contribution in [3.63, 3.8) is 0 Å². The van der Waals surface area contributed by atoms with Gasteiger partial charge in [-0.1, -0.05) is 10.6 Å². The number of rotatable bonds is 3. The highest BCUT2D eigenvalue weighted by atomic mass is 32.1. The first kappa shape index (κ1) is 8.85. The lowest BCUT2D eigenvalue weighted by Crippen LogP contribution is -1.96. The average Bonchev–Trinajstić information content (AvgIpc) is 2.35. The van der Waals surface area contributed by atoms with E-state index in [4.69, 9.17) is 0 Å². The third kappa shape index (κ3) is 2.70. The lowest BCUT2D eigenvalue weighted by Gasteiger charge is -1.98. The molecule has 2 nitrogen and oxygen atoms in total. The van der Waals surface area contributed by atoms with Crippen LogP contribution in [-0.2, 0) is 4.57 Å². The summed E-state index contributed by atoms with van der Waals surface area (Å²) in [7, 11) is -1.24. The molecule has 0 aliphatic rings. The topological polar surface area (TPSA) is 37.3 Å². The van der Waals surface area contributed by atoms with Gasteiger partial charge < -0.3 is 5.11 Å². The average molecular weight is 189 g/mol. The Hall–Kier alpha value is -0.240. The Morgan fingerprint density at radius 1 is 1.82 bits per heavy atom. The first-order chi connectivity index (χ1) is 5.20. The minimum atomic E-state index is -1.24. The summed E-state index contributed by atoms with van der Waals surface area (Å²) in [5.74, 6) is 0. The molecule has 0 fully saturated rings. The highest BCUT2D eigenvalue weighted by Crippen LogP contribution is 2.26. The fourth-order valence-corrected chi connectivity index (χ4v) is 2.33. The second-order valence-corrected chi connectivity index (χ2v) is 4.94. The number of hydrogen-bond acceptors (Lipinski definition) is 3. The van der Waals surface area contributed by atoms with Crippen molar-refractivity contribution in [1.82, 2.24) is 0 Å². The molecular weight excluding hydrogens is 179 g/mol. The zero-order valence-corrected chi connectivity index (χ0v) is 7.94. The van der Waals surface area contributed by atoms with Gasteiger partial charge in [0.25, 0.3) is 0 Å². The number of hydrogen-bond donors (Lipinski definition) is 1. The van der Waals surface area contributed by atoms with Crippen LogP contribution in [0.3, 0.4) is 0 Å². The minimum absolute atomic E-state index is 0.371. The molecule has 1 rings (SSSR count). The molecule has 0 spiro atoms. The second-order valence-electron chi connectivity index (χ2n) is 2.34. The molecule has 60 valence electrons. The van der Waals surface area contributed by atoms with E-state index < -0.39 is 13.9 Å². The fraction of sp³-hybridized carbons (Fsp3) is 0.429. The van der Waals surface area contributed by atoms with Gasteiger partial charge in [-0.2, -0.15) is 0 Å². The van der Waals surface area contributed by atoms with Crippen molar-refractivity contribution < 1.29 is 9.67 Å². The number of thiophene rings is 1. The maximum absolute atomic E-state index is 10.7. The summed E-state index contributed by atoms with van der Waals surface area (Å²) >= 11 is 1.49. The van der Waals surface area contributed by atoms with E-state index in [1.165, 1.54) is 11.3 Å². The van der Waals surface area contributed by atoms with Gasteiger partial charge in [0.1, 0.15) is 12.8 Å². The zero-order chi connectivity index (χ0) is 8.27. The van der Waals surface area contributed by atoms with Crippen LogP contribution in [0.2, 0.25) is 0 Å². The first-order valence-electron chi connectivity index (χ1n) is 3.30. The summed E-state index contributed by atoms with van der Waals surface area (Å²) in [6.45, 7) is 1.63. The molecule has 0 saturated carbocycles. The molecule has 0 aromatic carbocycles. The zero-order valence-electron chi connectivity index (χ0n) is 6.23. The molecule has 2 unspecified atom stereocenters. The van der Waals surface area contributed by atoms with Crippen LogP contribution in [-0.4, -0.2) is 17.9 Å². The molecule has 0 amide bonds. The molecule has 1 N–H and O–H groups in total. The van der Waals surface area contributed by atoms with Crippen molar-refractivity contribution in [3.05, 3.63) is 22.4 Å². The highest BCUT2D eigenvalue weighted by Gasteiger charge is 2.17. The quantitative estimate of drug-likeness (QED) is 0.740. The Morgan fingerprint density at radius 3 is 3.00 bits per heavy atom. The van der Waals surface area contributed by atoms with E-state index in [-0.39, 0.29) is 0 Å². The van der Waals surface area contributed by atoms with Crippen LogP contribution in [0, 0.1) is 0 Å². The summed E-state index contributed by atoms with van der Waals surface area (Å²) in [6, 6.07) is 3.74. The van der Waals surface area contributed by atoms with Crippen LogP contribution < -0.4 is 0 Å². The lowest BCUT2D eigenvalue weighted by molar-refractivity contribution is 0.206. The smallest absolute Gasteiger partial charge is 0.338 e. The van der Waals surface area contributed by atoms with Gasteiger partial charge in [0.15, 0.2) is 6.16 Å². The van der Waals surface area contributed by atoms with E-state index in [2.05, 4.69) is 0 Å². The SMILES string of the molecule is C[P+](=O)CC(O)c1cccs1. The molecule has 4 heteroatoms. The number of aliphatic hydroxyl groups is 1. The van der Waals surface area contributed by atoms with Crippen molar-refractivity contribution in [2.45, 2.75) is 6.10 Å². The molecule has 0 saturated heterocycles. The second kappa shape index (κ2) is 3.96. The van der Waals surface area contributed by atoms with Crippen LogP contribution in [0.5, 0.6) is 0 Å². The molecular formula is C7H10O2PS+. The maximum Gasteiger partial charge on any atom is 0.338 e. The summed E-state index contributed by atoms with van der Waals surface area (Å²) in [5.41, 5.74) is 0. The Bertz CT molecular complexity index is 233. The van der Waals surface area contributed by atoms with Gasteiger partial charge in [0.2, 0.25) is 0 Å². The summed E-state index contributed by atoms with van der Waals surface area (Å²) < 4.78 is 10.7. The van der Waals surface area contributed by atoms with Gasteiger partial charge in [-0.15, -0.1) is 11.3 Å².